The Hall–Kier alpha value is -0.436. The molecule has 2 aliphatic rings. The molecule has 0 aromatic heterocycles. The molecule has 2 fully saturated rings. The van der Waals surface area contributed by atoms with Crippen LogP contribution in [0.15, 0.2) is 11.6 Å². The van der Waals surface area contributed by atoms with E-state index in [9.17, 15) is 9.90 Å². The molecule has 2 rings (SSSR count). The van der Waals surface area contributed by atoms with Crippen LogP contribution in [0.1, 0.15) is 38.5 Å². The molecule has 0 aliphatic carbocycles. The highest BCUT2D eigenvalue weighted by atomic mass is 28.1. The van der Waals surface area contributed by atoms with Crippen molar-refractivity contribution in [3.63, 3.8) is 0 Å². The molecule has 0 spiro atoms. The summed E-state index contributed by atoms with van der Waals surface area (Å²) in [7, 11) is 1.55. The molecule has 19 heavy (non-hydrogen) atoms. The standard InChI is InChI=1S/C13H24O4Si2/c14-11(15)10(13(19)6-2-4-8-17-13)9-12(18)5-1-3-7-16-12/h9H,1-8H2,18-19H3,(H,14,15). The van der Waals surface area contributed by atoms with Crippen LogP contribution in [0.5, 0.6) is 0 Å². The van der Waals surface area contributed by atoms with E-state index in [4.69, 9.17) is 9.47 Å². The van der Waals surface area contributed by atoms with Gasteiger partial charge in [0.15, 0.2) is 0 Å². The van der Waals surface area contributed by atoms with E-state index in [-0.39, 0.29) is 5.22 Å². The summed E-state index contributed by atoms with van der Waals surface area (Å²) < 4.78 is 11.7. The SMILES string of the molecule is O=C(O)C(=CC1([SiH3])CCCCO1)C1([SiH3])CCCCO1. The third kappa shape index (κ3) is 3.56. The molecule has 0 radical (unpaired) electrons. The van der Waals surface area contributed by atoms with Gasteiger partial charge >= 0.3 is 5.97 Å². The molecule has 0 aromatic carbocycles. The van der Waals surface area contributed by atoms with Crippen LogP contribution in [0.3, 0.4) is 0 Å². The first-order valence-electron chi connectivity index (χ1n) is 7.20. The van der Waals surface area contributed by atoms with Crippen molar-refractivity contribution >= 4 is 26.5 Å². The number of carboxylic acid groups (broad SMARTS) is 1. The van der Waals surface area contributed by atoms with Gasteiger partial charge in [-0.25, -0.2) is 4.79 Å². The molecule has 4 nitrogen and oxygen atoms in total. The van der Waals surface area contributed by atoms with Gasteiger partial charge in [0.1, 0.15) is 0 Å². The van der Waals surface area contributed by atoms with E-state index in [2.05, 4.69) is 0 Å². The zero-order valence-electron chi connectivity index (χ0n) is 11.9. The first-order valence-corrected chi connectivity index (χ1v) is 9.20. The third-order valence-electron chi connectivity index (χ3n) is 4.22. The van der Waals surface area contributed by atoms with Gasteiger partial charge in [0, 0.05) is 33.7 Å². The Bertz CT molecular complexity index is 369. The van der Waals surface area contributed by atoms with Crippen LogP contribution in [-0.4, -0.2) is 55.2 Å². The summed E-state index contributed by atoms with van der Waals surface area (Å²) in [6.07, 6.45) is 7.99. The monoisotopic (exact) mass is 300 g/mol. The summed E-state index contributed by atoms with van der Waals surface area (Å²) >= 11 is 0. The molecule has 2 heterocycles. The van der Waals surface area contributed by atoms with Crippen molar-refractivity contribution in [3.05, 3.63) is 11.6 Å². The lowest BCUT2D eigenvalue weighted by atomic mass is 9.96. The lowest BCUT2D eigenvalue weighted by Crippen LogP contribution is -2.44. The Balaban J connectivity index is 2.26. The molecule has 0 bridgehead atoms. The highest BCUT2D eigenvalue weighted by Gasteiger charge is 2.38. The van der Waals surface area contributed by atoms with Crippen molar-refractivity contribution in [1.29, 1.82) is 0 Å². The van der Waals surface area contributed by atoms with Gasteiger partial charge in [-0.05, 0) is 44.6 Å². The fourth-order valence-corrected chi connectivity index (χ4v) is 4.72. The van der Waals surface area contributed by atoms with Gasteiger partial charge in [-0.2, -0.15) is 0 Å². The first kappa shape index (κ1) is 15.0. The number of carboxylic acids is 1. The topological polar surface area (TPSA) is 55.8 Å². The molecule has 2 saturated heterocycles. The van der Waals surface area contributed by atoms with Gasteiger partial charge in [0.2, 0.25) is 0 Å². The largest absolute Gasteiger partial charge is 0.478 e. The van der Waals surface area contributed by atoms with Crippen molar-refractivity contribution in [1.82, 2.24) is 0 Å². The van der Waals surface area contributed by atoms with Gasteiger partial charge in [-0.3, -0.25) is 0 Å². The number of hydrogen-bond donors (Lipinski definition) is 1. The van der Waals surface area contributed by atoms with E-state index in [1.807, 2.05) is 6.08 Å². The minimum absolute atomic E-state index is 0.301. The van der Waals surface area contributed by atoms with Crippen molar-refractivity contribution in [2.24, 2.45) is 0 Å². The maximum atomic E-state index is 11.7. The van der Waals surface area contributed by atoms with Crippen LogP contribution < -0.4 is 0 Å². The van der Waals surface area contributed by atoms with Crippen LogP contribution in [0.2, 0.25) is 0 Å². The molecule has 0 saturated carbocycles. The number of hydrogen-bond acceptors (Lipinski definition) is 3. The molecule has 0 aromatic rings. The number of ether oxygens (including phenoxy) is 2. The Morgan fingerprint density at radius 2 is 1.68 bits per heavy atom. The molecule has 2 unspecified atom stereocenters. The lowest BCUT2D eigenvalue weighted by molar-refractivity contribution is -0.135. The zero-order chi connectivity index (χ0) is 13.9. The smallest absolute Gasteiger partial charge is 0.333 e. The average Bonchev–Trinajstić information content (AvgIpc) is 2.37. The van der Waals surface area contributed by atoms with E-state index in [1.165, 1.54) is 0 Å². The number of carbonyl (C=O) groups is 1. The van der Waals surface area contributed by atoms with Gasteiger partial charge in [-0.1, -0.05) is 0 Å². The van der Waals surface area contributed by atoms with Crippen molar-refractivity contribution in [2.45, 2.75) is 49.0 Å². The summed E-state index contributed by atoms with van der Waals surface area (Å²) in [5.74, 6) is -0.832. The van der Waals surface area contributed by atoms with Gasteiger partial charge in [-0.15, -0.1) is 0 Å². The highest BCUT2D eigenvalue weighted by Crippen LogP contribution is 2.33. The van der Waals surface area contributed by atoms with E-state index < -0.39 is 11.2 Å². The van der Waals surface area contributed by atoms with Gasteiger partial charge in [0.05, 0.1) is 16.0 Å². The van der Waals surface area contributed by atoms with Gasteiger partial charge in [0.25, 0.3) is 0 Å². The zero-order valence-corrected chi connectivity index (χ0v) is 15.9. The van der Waals surface area contributed by atoms with Crippen molar-refractivity contribution in [3.8, 4) is 0 Å². The molecule has 2 atom stereocenters. The number of aliphatic carboxylic acids is 1. The summed E-state index contributed by atoms with van der Waals surface area (Å²) in [6.45, 7) is 1.44. The van der Waals surface area contributed by atoms with Crippen LogP contribution >= 0.6 is 0 Å². The van der Waals surface area contributed by atoms with E-state index >= 15 is 0 Å². The Morgan fingerprint density at radius 1 is 1.05 bits per heavy atom. The molecule has 1 N–H and O–H groups in total. The van der Waals surface area contributed by atoms with Crippen LogP contribution in [-0.2, 0) is 14.3 Å². The van der Waals surface area contributed by atoms with Crippen LogP contribution in [0.4, 0.5) is 0 Å². The van der Waals surface area contributed by atoms with E-state index in [1.54, 1.807) is 0 Å². The predicted molar refractivity (Wildman–Crippen MR) is 80.7 cm³/mol. The predicted octanol–water partition coefficient (Wildman–Crippen LogP) is -0.478. The fraction of sp³-hybridized carbons (Fsp3) is 0.769. The minimum atomic E-state index is -0.832. The van der Waals surface area contributed by atoms with Crippen molar-refractivity contribution in [2.75, 3.05) is 13.2 Å². The van der Waals surface area contributed by atoms with E-state index in [0.717, 1.165) is 65.6 Å². The second kappa shape index (κ2) is 5.91. The number of rotatable bonds is 3. The molecule has 0 amide bonds. The molecular weight excluding hydrogens is 276 g/mol. The maximum absolute atomic E-state index is 11.7. The molecule has 2 aliphatic heterocycles. The summed E-state index contributed by atoms with van der Waals surface area (Å²) in [5, 5.41) is 8.76. The van der Waals surface area contributed by atoms with Crippen LogP contribution in [0.25, 0.3) is 0 Å². The highest BCUT2D eigenvalue weighted by molar-refractivity contribution is 6.22. The second-order valence-electron chi connectivity index (χ2n) is 6.02. The molecular formula is C13H24O4Si2. The fourth-order valence-electron chi connectivity index (χ4n) is 2.96. The minimum Gasteiger partial charge on any atom is -0.478 e. The normalized spacial score (nSPS) is 37.4. The summed E-state index contributed by atoms with van der Waals surface area (Å²) in [5.41, 5.74) is 0.454. The first-order chi connectivity index (χ1) is 8.95. The third-order valence-corrected chi connectivity index (χ3v) is 6.62. The summed E-state index contributed by atoms with van der Waals surface area (Å²) in [4.78, 5) is 11.7. The second-order valence-corrected chi connectivity index (χ2v) is 9.33. The maximum Gasteiger partial charge on any atom is 0.333 e. The molecule has 6 heteroatoms. The summed E-state index contributed by atoms with van der Waals surface area (Å²) in [6, 6.07) is 0. The van der Waals surface area contributed by atoms with Gasteiger partial charge < -0.3 is 14.6 Å². The van der Waals surface area contributed by atoms with Crippen molar-refractivity contribution < 1.29 is 19.4 Å². The average molecular weight is 301 g/mol. The Morgan fingerprint density at radius 3 is 2.16 bits per heavy atom. The Labute approximate surface area is 120 Å². The Kier molecular flexibility index (Phi) is 4.65. The molecule has 108 valence electrons. The van der Waals surface area contributed by atoms with E-state index in [0.29, 0.717) is 12.2 Å². The van der Waals surface area contributed by atoms with Crippen LogP contribution in [0, 0.1) is 0 Å². The lowest BCUT2D eigenvalue weighted by Gasteiger charge is -2.38. The quantitative estimate of drug-likeness (QED) is 0.565.